The molecule has 1 N–H and O–H groups in total. The number of carbonyl (C=O) groups excluding carboxylic acids is 1. The van der Waals surface area contributed by atoms with E-state index in [2.05, 4.69) is 29.3 Å². The molecule has 1 saturated heterocycles. The van der Waals surface area contributed by atoms with Crippen molar-refractivity contribution in [3.05, 3.63) is 47.2 Å². The molecular weight excluding hydrogens is 382 g/mol. The van der Waals surface area contributed by atoms with Gasteiger partial charge in [0.25, 0.3) is 5.91 Å². The number of carbonyl (C=O) groups is 1. The van der Waals surface area contributed by atoms with Gasteiger partial charge in [-0.2, -0.15) is 0 Å². The van der Waals surface area contributed by atoms with Gasteiger partial charge >= 0.3 is 0 Å². The largest absolute Gasteiger partial charge is 0.356 e. The number of thioether (sulfide) groups is 1. The predicted molar refractivity (Wildman–Crippen MR) is 120 cm³/mol. The molecule has 1 aromatic heterocycles. The van der Waals surface area contributed by atoms with Crippen LogP contribution in [-0.2, 0) is 12.2 Å². The van der Waals surface area contributed by atoms with Gasteiger partial charge in [-0.3, -0.25) is 4.79 Å². The lowest BCUT2D eigenvalue weighted by molar-refractivity contribution is 0.0951. The van der Waals surface area contributed by atoms with E-state index in [4.69, 9.17) is 9.97 Å². The van der Waals surface area contributed by atoms with E-state index >= 15 is 0 Å². The van der Waals surface area contributed by atoms with Crippen molar-refractivity contribution in [2.24, 2.45) is 0 Å². The van der Waals surface area contributed by atoms with Crippen LogP contribution in [0.15, 0.2) is 35.5 Å². The molecule has 0 saturated carbocycles. The van der Waals surface area contributed by atoms with Crippen molar-refractivity contribution in [2.75, 3.05) is 45.2 Å². The summed E-state index contributed by atoms with van der Waals surface area (Å²) in [6, 6.07) is 9.93. The molecule has 1 aliphatic heterocycles. The third kappa shape index (κ3) is 6.44. The zero-order valence-corrected chi connectivity index (χ0v) is 18.5. The molecule has 156 valence electrons. The van der Waals surface area contributed by atoms with Crippen LogP contribution >= 0.6 is 11.8 Å². The number of amides is 1. The first-order valence-electron chi connectivity index (χ1n) is 10.3. The highest BCUT2D eigenvalue weighted by atomic mass is 32.2. The number of nitrogens with one attached hydrogen (secondary N) is 1. The van der Waals surface area contributed by atoms with Gasteiger partial charge in [0.1, 0.15) is 5.82 Å². The van der Waals surface area contributed by atoms with E-state index in [0.29, 0.717) is 12.1 Å². The molecule has 0 unspecified atom stereocenters. The Bertz CT molecular complexity index is 821. The summed E-state index contributed by atoms with van der Waals surface area (Å²) in [5.41, 5.74) is 2.88. The van der Waals surface area contributed by atoms with Crippen molar-refractivity contribution < 1.29 is 4.79 Å². The highest BCUT2D eigenvalue weighted by Crippen LogP contribution is 2.25. The molecule has 2 heterocycles. The van der Waals surface area contributed by atoms with Gasteiger partial charge in [-0.25, -0.2) is 9.97 Å². The van der Waals surface area contributed by atoms with Crippen LogP contribution < -0.4 is 10.2 Å². The van der Waals surface area contributed by atoms with E-state index in [9.17, 15) is 4.79 Å². The van der Waals surface area contributed by atoms with Crippen molar-refractivity contribution in [3.8, 4) is 0 Å². The zero-order chi connectivity index (χ0) is 20.6. The molecule has 1 aliphatic rings. The van der Waals surface area contributed by atoms with E-state index in [-0.39, 0.29) is 5.91 Å². The number of benzene rings is 1. The van der Waals surface area contributed by atoms with Crippen molar-refractivity contribution >= 4 is 23.5 Å². The number of anilines is 1. The summed E-state index contributed by atoms with van der Waals surface area (Å²) in [6.07, 6.45) is 3.37. The number of aryl methyl sites for hydroxylation is 1. The minimum atomic E-state index is -0.0285. The van der Waals surface area contributed by atoms with Crippen LogP contribution in [0, 0.1) is 0 Å². The van der Waals surface area contributed by atoms with Crippen LogP contribution in [0.2, 0.25) is 0 Å². The Morgan fingerprint density at radius 3 is 2.72 bits per heavy atom. The second-order valence-electron chi connectivity index (χ2n) is 7.60. The average Bonchev–Trinajstić information content (AvgIpc) is 3.27. The van der Waals surface area contributed by atoms with Gasteiger partial charge in [0, 0.05) is 49.3 Å². The lowest BCUT2D eigenvalue weighted by Crippen LogP contribution is -2.31. The summed E-state index contributed by atoms with van der Waals surface area (Å²) in [5, 5.41) is 3.78. The summed E-state index contributed by atoms with van der Waals surface area (Å²) >= 11 is 1.63. The average molecular weight is 414 g/mol. The Kier molecular flexibility index (Phi) is 7.89. The van der Waals surface area contributed by atoms with Crippen molar-refractivity contribution in [1.82, 2.24) is 20.2 Å². The number of hydrogen-bond donors (Lipinski definition) is 1. The van der Waals surface area contributed by atoms with Crippen molar-refractivity contribution in [2.45, 2.75) is 37.1 Å². The molecular formula is C22H31N5OS. The number of aromatic nitrogens is 2. The molecule has 0 aliphatic carbocycles. The van der Waals surface area contributed by atoms with E-state index < -0.39 is 0 Å². The van der Waals surface area contributed by atoms with Gasteiger partial charge < -0.3 is 15.1 Å². The topological polar surface area (TPSA) is 61.4 Å². The first-order valence-corrected chi connectivity index (χ1v) is 11.3. The van der Waals surface area contributed by atoms with Crippen LogP contribution in [0.3, 0.4) is 0 Å². The van der Waals surface area contributed by atoms with Crippen LogP contribution in [0.4, 0.5) is 5.82 Å². The lowest BCUT2D eigenvalue weighted by Gasteiger charge is -2.17. The van der Waals surface area contributed by atoms with E-state index in [1.165, 1.54) is 12.8 Å². The monoisotopic (exact) mass is 413 g/mol. The second-order valence-corrected chi connectivity index (χ2v) is 8.54. The molecule has 7 heteroatoms. The smallest absolute Gasteiger partial charge is 0.251 e. The number of hydrogen-bond acceptors (Lipinski definition) is 6. The summed E-state index contributed by atoms with van der Waals surface area (Å²) in [5.74, 6) is 1.76. The fourth-order valence-electron chi connectivity index (χ4n) is 3.26. The maximum atomic E-state index is 12.4. The third-order valence-electron chi connectivity index (χ3n) is 4.94. The Morgan fingerprint density at radius 1 is 1.21 bits per heavy atom. The molecule has 0 spiro atoms. The van der Waals surface area contributed by atoms with Gasteiger partial charge in [-0.1, -0.05) is 30.8 Å². The summed E-state index contributed by atoms with van der Waals surface area (Å²) in [7, 11) is 3.99. The first-order chi connectivity index (χ1) is 14.0. The summed E-state index contributed by atoms with van der Waals surface area (Å²) in [6.45, 7) is 5.75. The summed E-state index contributed by atoms with van der Waals surface area (Å²) < 4.78 is 0. The van der Waals surface area contributed by atoms with Gasteiger partial charge in [0.15, 0.2) is 5.16 Å². The fourth-order valence-corrected chi connectivity index (χ4v) is 4.07. The third-order valence-corrected chi connectivity index (χ3v) is 5.86. The van der Waals surface area contributed by atoms with Crippen LogP contribution in [0.5, 0.6) is 0 Å². The first kappa shape index (κ1) is 21.6. The minimum absolute atomic E-state index is 0.0285. The SMILES string of the molecule is CCc1cc(N2CCCC2)nc(SCc2cccc(C(=O)NCCN(C)C)c2)n1. The molecule has 1 amide bonds. The Balaban J connectivity index is 1.63. The molecule has 3 rings (SSSR count). The highest BCUT2D eigenvalue weighted by molar-refractivity contribution is 7.98. The van der Waals surface area contributed by atoms with Gasteiger partial charge in [0.2, 0.25) is 0 Å². The standard InChI is InChI=1S/C22H31N5OS/c1-4-19-15-20(27-11-5-6-12-27)25-22(24-19)29-16-17-8-7-9-18(14-17)21(28)23-10-13-26(2)3/h7-9,14-15H,4-6,10-13,16H2,1-3H3,(H,23,28). The van der Waals surface area contributed by atoms with Gasteiger partial charge in [0.05, 0.1) is 0 Å². The van der Waals surface area contributed by atoms with E-state index in [1.807, 2.05) is 37.2 Å². The normalized spacial score (nSPS) is 13.9. The molecule has 29 heavy (non-hydrogen) atoms. The molecule has 0 bridgehead atoms. The Hall–Kier alpha value is -2.12. The van der Waals surface area contributed by atoms with Crippen LogP contribution in [0.25, 0.3) is 0 Å². The maximum Gasteiger partial charge on any atom is 0.251 e. The number of nitrogens with zero attached hydrogens (tertiary/aromatic N) is 4. The summed E-state index contributed by atoms with van der Waals surface area (Å²) in [4.78, 5) is 26.2. The molecule has 6 nitrogen and oxygen atoms in total. The molecule has 0 atom stereocenters. The van der Waals surface area contributed by atoms with Crippen molar-refractivity contribution in [1.29, 1.82) is 0 Å². The highest BCUT2D eigenvalue weighted by Gasteiger charge is 2.16. The zero-order valence-electron chi connectivity index (χ0n) is 17.6. The second kappa shape index (κ2) is 10.6. The van der Waals surface area contributed by atoms with E-state index in [1.54, 1.807) is 11.8 Å². The minimum Gasteiger partial charge on any atom is -0.356 e. The van der Waals surface area contributed by atoms with Crippen LogP contribution in [0.1, 0.15) is 41.4 Å². The fraction of sp³-hybridized carbons (Fsp3) is 0.500. The number of rotatable bonds is 9. The molecule has 2 aromatic rings. The van der Waals surface area contributed by atoms with Gasteiger partial charge in [-0.15, -0.1) is 0 Å². The quantitative estimate of drug-likeness (QED) is 0.503. The predicted octanol–water partition coefficient (Wildman–Crippen LogP) is 3.22. The number of likely N-dealkylation sites (N-methyl/N-ethyl adjacent to an activating group) is 1. The van der Waals surface area contributed by atoms with E-state index in [0.717, 1.165) is 54.0 Å². The molecule has 0 radical (unpaired) electrons. The van der Waals surface area contributed by atoms with Gasteiger partial charge in [-0.05, 0) is 51.1 Å². The molecule has 1 aromatic carbocycles. The Morgan fingerprint density at radius 2 is 2.00 bits per heavy atom. The maximum absolute atomic E-state index is 12.4. The Labute approximate surface area is 178 Å². The molecule has 1 fully saturated rings. The lowest BCUT2D eigenvalue weighted by atomic mass is 10.1. The van der Waals surface area contributed by atoms with Crippen LogP contribution in [-0.4, -0.2) is 61.0 Å². The van der Waals surface area contributed by atoms with Crippen molar-refractivity contribution in [3.63, 3.8) is 0 Å².